The zero-order valence-corrected chi connectivity index (χ0v) is 10.8. The van der Waals surface area contributed by atoms with Gasteiger partial charge >= 0.3 is 6.18 Å². The molecule has 0 aliphatic rings. The Morgan fingerprint density at radius 1 is 1.21 bits per heavy atom. The zero-order valence-electron chi connectivity index (χ0n) is 10.8. The summed E-state index contributed by atoms with van der Waals surface area (Å²) >= 11 is 0. The Kier molecular flexibility index (Phi) is 6.19. The first-order valence-corrected chi connectivity index (χ1v) is 6.09. The number of hydrogen-bond acceptors (Lipinski definition) is 1. The van der Waals surface area contributed by atoms with E-state index < -0.39 is 11.9 Å². The predicted octanol–water partition coefficient (Wildman–Crippen LogP) is 4.66. The standard InChI is InChI=1S/C15H17F3O/c1-2-3-12-19-14(15(16,17)18)11-7-10-13-8-5-4-6-9-13/h2-6,8-9,11H,7,10,12H2,1H3/b3-2+,14-11-. The predicted molar refractivity (Wildman–Crippen MR) is 69.7 cm³/mol. The van der Waals surface area contributed by atoms with E-state index in [2.05, 4.69) is 0 Å². The van der Waals surface area contributed by atoms with Gasteiger partial charge in [0, 0.05) is 0 Å². The molecule has 1 aromatic rings. The van der Waals surface area contributed by atoms with Crippen LogP contribution in [-0.2, 0) is 11.2 Å². The van der Waals surface area contributed by atoms with Crippen LogP contribution in [0, 0.1) is 0 Å². The third-order valence-electron chi connectivity index (χ3n) is 2.46. The molecule has 1 rings (SSSR count). The molecule has 4 heteroatoms. The summed E-state index contributed by atoms with van der Waals surface area (Å²) < 4.78 is 42.7. The van der Waals surface area contributed by atoms with Crippen molar-refractivity contribution < 1.29 is 17.9 Å². The Morgan fingerprint density at radius 2 is 1.89 bits per heavy atom. The first-order valence-electron chi connectivity index (χ1n) is 6.09. The SMILES string of the molecule is C/C=C/CO/C(=C\CCc1ccccc1)C(F)(F)F. The molecule has 0 atom stereocenters. The monoisotopic (exact) mass is 270 g/mol. The van der Waals surface area contributed by atoms with Crippen LogP contribution in [0.25, 0.3) is 0 Å². The lowest BCUT2D eigenvalue weighted by atomic mass is 10.1. The Morgan fingerprint density at radius 3 is 2.47 bits per heavy atom. The van der Waals surface area contributed by atoms with Crippen LogP contribution < -0.4 is 0 Å². The largest absolute Gasteiger partial charge is 0.485 e. The Bertz CT molecular complexity index is 419. The maximum absolute atomic E-state index is 12.7. The minimum Gasteiger partial charge on any atom is -0.485 e. The van der Waals surface area contributed by atoms with Gasteiger partial charge in [0.05, 0.1) is 0 Å². The number of alkyl halides is 3. The maximum Gasteiger partial charge on any atom is 0.448 e. The molecule has 0 radical (unpaired) electrons. The summed E-state index contributed by atoms with van der Waals surface area (Å²) in [5, 5.41) is 0. The Labute approximate surface area is 111 Å². The third-order valence-corrected chi connectivity index (χ3v) is 2.46. The highest BCUT2D eigenvalue weighted by Gasteiger charge is 2.35. The lowest BCUT2D eigenvalue weighted by Crippen LogP contribution is -2.15. The number of hydrogen-bond donors (Lipinski definition) is 0. The minimum atomic E-state index is -4.43. The van der Waals surface area contributed by atoms with Crippen molar-refractivity contribution in [2.24, 2.45) is 0 Å². The highest BCUT2D eigenvalue weighted by Crippen LogP contribution is 2.27. The summed E-state index contributed by atoms with van der Waals surface area (Å²) in [6, 6.07) is 9.39. The van der Waals surface area contributed by atoms with Crippen molar-refractivity contribution >= 4 is 0 Å². The van der Waals surface area contributed by atoms with Crippen LogP contribution in [0.1, 0.15) is 18.9 Å². The zero-order chi connectivity index (χ0) is 14.1. The molecule has 0 heterocycles. The van der Waals surface area contributed by atoms with Crippen molar-refractivity contribution in [2.45, 2.75) is 25.9 Å². The van der Waals surface area contributed by atoms with Crippen LogP contribution in [0.2, 0.25) is 0 Å². The fraction of sp³-hybridized carbons (Fsp3) is 0.333. The van der Waals surface area contributed by atoms with Gasteiger partial charge in [0.25, 0.3) is 0 Å². The molecule has 0 aliphatic carbocycles. The van der Waals surface area contributed by atoms with Gasteiger partial charge in [-0.3, -0.25) is 0 Å². The van der Waals surface area contributed by atoms with Crippen LogP contribution in [-0.4, -0.2) is 12.8 Å². The molecule has 0 saturated carbocycles. The van der Waals surface area contributed by atoms with E-state index in [1.165, 1.54) is 6.08 Å². The van der Waals surface area contributed by atoms with E-state index in [1.54, 1.807) is 13.0 Å². The first kappa shape index (κ1) is 15.3. The number of ether oxygens (including phenoxy) is 1. The van der Waals surface area contributed by atoms with Gasteiger partial charge in [0.15, 0.2) is 5.76 Å². The Balaban J connectivity index is 2.57. The normalized spacial score (nSPS) is 12.9. The molecule has 0 bridgehead atoms. The molecule has 0 saturated heterocycles. The van der Waals surface area contributed by atoms with Gasteiger partial charge in [-0.1, -0.05) is 42.5 Å². The van der Waals surface area contributed by atoms with Crippen molar-refractivity contribution in [1.82, 2.24) is 0 Å². The van der Waals surface area contributed by atoms with E-state index in [4.69, 9.17) is 4.74 Å². The van der Waals surface area contributed by atoms with Crippen molar-refractivity contribution in [1.29, 1.82) is 0 Å². The van der Waals surface area contributed by atoms with Crippen LogP contribution in [0.5, 0.6) is 0 Å². The Hall–Kier alpha value is -1.71. The van der Waals surface area contributed by atoms with E-state index in [-0.39, 0.29) is 6.61 Å². The van der Waals surface area contributed by atoms with E-state index in [9.17, 15) is 13.2 Å². The first-order chi connectivity index (χ1) is 9.04. The van der Waals surface area contributed by atoms with Gasteiger partial charge in [-0.05, 0) is 31.4 Å². The van der Waals surface area contributed by atoms with Gasteiger partial charge in [-0.25, -0.2) is 0 Å². The molecule has 1 aromatic carbocycles. The fourth-order valence-electron chi connectivity index (χ4n) is 1.51. The van der Waals surface area contributed by atoms with Crippen molar-refractivity contribution in [2.75, 3.05) is 6.61 Å². The second-order valence-corrected chi connectivity index (χ2v) is 3.97. The highest BCUT2D eigenvalue weighted by molar-refractivity contribution is 5.15. The molecule has 0 spiro atoms. The number of allylic oxidation sites excluding steroid dienone is 3. The summed E-state index contributed by atoms with van der Waals surface area (Å²) in [5.74, 6) is -0.915. The van der Waals surface area contributed by atoms with Crippen molar-refractivity contribution in [3.63, 3.8) is 0 Å². The van der Waals surface area contributed by atoms with E-state index >= 15 is 0 Å². The molecule has 0 fully saturated rings. The van der Waals surface area contributed by atoms with Gasteiger partial charge in [0.2, 0.25) is 0 Å². The molecule has 19 heavy (non-hydrogen) atoms. The summed E-state index contributed by atoms with van der Waals surface area (Å²) in [6.45, 7) is 1.67. The second kappa shape index (κ2) is 7.67. The number of aryl methyl sites for hydroxylation is 1. The van der Waals surface area contributed by atoms with Crippen LogP contribution in [0.15, 0.2) is 54.3 Å². The molecular weight excluding hydrogens is 253 g/mol. The van der Waals surface area contributed by atoms with E-state index in [0.717, 1.165) is 11.6 Å². The topological polar surface area (TPSA) is 9.23 Å². The molecule has 0 N–H and O–H groups in total. The summed E-state index contributed by atoms with van der Waals surface area (Å²) in [7, 11) is 0. The van der Waals surface area contributed by atoms with Gasteiger partial charge in [0.1, 0.15) is 6.61 Å². The molecule has 0 aromatic heterocycles. The summed E-state index contributed by atoms with van der Waals surface area (Å²) in [5.41, 5.74) is 1.01. The summed E-state index contributed by atoms with van der Waals surface area (Å²) in [4.78, 5) is 0. The van der Waals surface area contributed by atoms with Crippen molar-refractivity contribution in [3.8, 4) is 0 Å². The minimum absolute atomic E-state index is 0.0623. The van der Waals surface area contributed by atoms with Gasteiger partial charge in [-0.2, -0.15) is 13.2 Å². The van der Waals surface area contributed by atoms with E-state index in [0.29, 0.717) is 12.8 Å². The third kappa shape index (κ3) is 6.13. The van der Waals surface area contributed by atoms with Gasteiger partial charge in [-0.15, -0.1) is 0 Å². The molecule has 1 nitrogen and oxygen atoms in total. The smallest absolute Gasteiger partial charge is 0.448 e. The number of benzene rings is 1. The van der Waals surface area contributed by atoms with Crippen LogP contribution in [0.4, 0.5) is 13.2 Å². The lowest BCUT2D eigenvalue weighted by molar-refractivity contribution is -0.129. The molecule has 0 aliphatic heterocycles. The molecule has 0 unspecified atom stereocenters. The van der Waals surface area contributed by atoms with E-state index in [1.807, 2.05) is 30.3 Å². The summed E-state index contributed by atoms with van der Waals surface area (Å²) in [6.07, 6.45) is 0.728. The van der Waals surface area contributed by atoms with Crippen LogP contribution in [0.3, 0.4) is 0 Å². The average Bonchev–Trinajstić information content (AvgIpc) is 2.37. The quantitative estimate of drug-likeness (QED) is 0.539. The molecular formula is C15H17F3O. The second-order valence-electron chi connectivity index (χ2n) is 3.97. The lowest BCUT2D eigenvalue weighted by Gasteiger charge is -2.12. The van der Waals surface area contributed by atoms with Crippen LogP contribution >= 0.6 is 0 Å². The molecule has 0 amide bonds. The average molecular weight is 270 g/mol. The molecule has 104 valence electrons. The number of rotatable bonds is 6. The van der Waals surface area contributed by atoms with Crippen molar-refractivity contribution in [3.05, 3.63) is 59.9 Å². The fourth-order valence-corrected chi connectivity index (χ4v) is 1.51. The number of halogens is 3. The van der Waals surface area contributed by atoms with Gasteiger partial charge < -0.3 is 4.74 Å². The maximum atomic E-state index is 12.7. The highest BCUT2D eigenvalue weighted by atomic mass is 19.4.